The first-order chi connectivity index (χ1) is 11.6. The summed E-state index contributed by atoms with van der Waals surface area (Å²) < 4.78 is 6.91. The third-order valence-electron chi connectivity index (χ3n) is 3.73. The first-order valence-electron chi connectivity index (χ1n) is 7.46. The monoisotopic (exact) mass is 400 g/mol. The second kappa shape index (κ2) is 8.54. The summed E-state index contributed by atoms with van der Waals surface area (Å²) in [7, 11) is 0. The van der Waals surface area contributed by atoms with Crippen LogP contribution in [0.5, 0.6) is 5.75 Å². The molecule has 6 nitrogen and oxygen atoms in total. The van der Waals surface area contributed by atoms with E-state index in [4.69, 9.17) is 27.9 Å². The highest BCUT2D eigenvalue weighted by Crippen LogP contribution is 2.24. The molecule has 1 aliphatic rings. The molecule has 0 saturated carbocycles. The first kappa shape index (κ1) is 19.5. The summed E-state index contributed by atoms with van der Waals surface area (Å²) in [6.45, 7) is 1.70. The maximum atomic E-state index is 12.4. The van der Waals surface area contributed by atoms with Crippen LogP contribution in [0, 0.1) is 11.3 Å². The van der Waals surface area contributed by atoms with Crippen LogP contribution in [0.4, 0.5) is 0 Å². The van der Waals surface area contributed by atoms with Crippen molar-refractivity contribution < 1.29 is 4.74 Å². The van der Waals surface area contributed by atoms with Crippen molar-refractivity contribution >= 4 is 35.6 Å². The van der Waals surface area contributed by atoms with Crippen LogP contribution in [0.2, 0.25) is 10.0 Å². The Morgan fingerprint density at radius 2 is 1.96 bits per heavy atom. The van der Waals surface area contributed by atoms with Gasteiger partial charge in [-0.1, -0.05) is 23.2 Å². The zero-order chi connectivity index (χ0) is 17.1. The molecule has 1 aromatic heterocycles. The zero-order valence-corrected chi connectivity index (χ0v) is 15.4. The Kier molecular flexibility index (Phi) is 6.68. The van der Waals surface area contributed by atoms with E-state index < -0.39 is 5.56 Å². The van der Waals surface area contributed by atoms with Crippen LogP contribution >= 0.6 is 35.6 Å². The van der Waals surface area contributed by atoms with Gasteiger partial charge < -0.3 is 10.1 Å². The van der Waals surface area contributed by atoms with Gasteiger partial charge in [0, 0.05) is 0 Å². The summed E-state index contributed by atoms with van der Waals surface area (Å²) in [5.74, 6) is 0.214. The van der Waals surface area contributed by atoms with E-state index in [1.165, 1.54) is 12.1 Å². The van der Waals surface area contributed by atoms with Gasteiger partial charge >= 0.3 is 0 Å². The summed E-state index contributed by atoms with van der Waals surface area (Å²) >= 11 is 11.9. The Morgan fingerprint density at radius 1 is 1.24 bits per heavy atom. The van der Waals surface area contributed by atoms with Crippen molar-refractivity contribution in [2.24, 2.45) is 0 Å². The molecule has 1 aromatic carbocycles. The lowest BCUT2D eigenvalue weighted by atomic mass is 10.1. The molecular formula is C16H15Cl3N4O2. The largest absolute Gasteiger partial charge is 0.487 e. The van der Waals surface area contributed by atoms with Crippen molar-refractivity contribution in [2.45, 2.75) is 18.9 Å². The number of hydrogen-bond donors (Lipinski definition) is 1. The van der Waals surface area contributed by atoms with Crippen LogP contribution in [0.1, 0.15) is 18.5 Å². The van der Waals surface area contributed by atoms with Crippen molar-refractivity contribution in [3.05, 3.63) is 50.4 Å². The SMILES string of the molecule is Cl.N#Cc1nn(-c2ccc(Cl)c(Cl)c2)c(=O)cc1OC1CCNCC1. The number of benzene rings is 1. The average Bonchev–Trinajstić information content (AvgIpc) is 2.59. The van der Waals surface area contributed by atoms with E-state index in [2.05, 4.69) is 10.4 Å². The highest BCUT2D eigenvalue weighted by Gasteiger charge is 2.18. The molecule has 132 valence electrons. The molecule has 0 aliphatic carbocycles. The summed E-state index contributed by atoms with van der Waals surface area (Å²) in [6.07, 6.45) is 1.61. The summed E-state index contributed by atoms with van der Waals surface area (Å²) in [5.41, 5.74) is 0.0786. The Balaban J connectivity index is 0.00000225. The van der Waals surface area contributed by atoms with Crippen LogP contribution in [0.3, 0.4) is 0 Å². The fourth-order valence-electron chi connectivity index (χ4n) is 2.50. The number of hydrogen-bond acceptors (Lipinski definition) is 5. The minimum absolute atomic E-state index is 0. The van der Waals surface area contributed by atoms with E-state index in [-0.39, 0.29) is 30.0 Å². The number of nitrogens with zero attached hydrogens (tertiary/aromatic N) is 3. The van der Waals surface area contributed by atoms with Crippen LogP contribution in [0.25, 0.3) is 5.69 Å². The molecule has 0 unspecified atom stereocenters. The minimum atomic E-state index is -0.406. The molecule has 2 aromatic rings. The highest BCUT2D eigenvalue weighted by molar-refractivity contribution is 6.42. The lowest BCUT2D eigenvalue weighted by molar-refractivity contribution is 0.160. The van der Waals surface area contributed by atoms with Gasteiger partial charge in [-0.25, -0.2) is 0 Å². The number of piperidine rings is 1. The fraction of sp³-hybridized carbons (Fsp3) is 0.312. The molecule has 0 spiro atoms. The molecule has 1 saturated heterocycles. The summed E-state index contributed by atoms with van der Waals surface area (Å²) in [6, 6.07) is 7.96. The Morgan fingerprint density at radius 3 is 2.60 bits per heavy atom. The van der Waals surface area contributed by atoms with E-state index in [1.54, 1.807) is 12.1 Å². The van der Waals surface area contributed by atoms with E-state index in [9.17, 15) is 10.1 Å². The second-order valence-corrected chi connectivity index (χ2v) is 6.20. The maximum absolute atomic E-state index is 12.4. The normalized spacial score (nSPS) is 14.4. The molecule has 1 aliphatic heterocycles. The van der Waals surface area contributed by atoms with Gasteiger partial charge in [0.1, 0.15) is 12.2 Å². The number of nitrogens with one attached hydrogen (secondary N) is 1. The van der Waals surface area contributed by atoms with Gasteiger partial charge in [0.15, 0.2) is 5.75 Å². The first-order valence-corrected chi connectivity index (χ1v) is 8.21. The van der Waals surface area contributed by atoms with Crippen molar-refractivity contribution in [1.82, 2.24) is 15.1 Å². The zero-order valence-electron chi connectivity index (χ0n) is 13.0. The minimum Gasteiger partial charge on any atom is -0.487 e. The Bertz CT molecular complexity index is 857. The number of nitriles is 1. The fourth-order valence-corrected chi connectivity index (χ4v) is 2.79. The molecule has 0 bridgehead atoms. The quantitative estimate of drug-likeness (QED) is 0.855. The van der Waals surface area contributed by atoms with Crippen LogP contribution in [0.15, 0.2) is 29.1 Å². The van der Waals surface area contributed by atoms with Gasteiger partial charge in [-0.15, -0.1) is 17.5 Å². The van der Waals surface area contributed by atoms with Crippen LogP contribution in [-0.2, 0) is 0 Å². The van der Waals surface area contributed by atoms with E-state index in [1.807, 2.05) is 6.07 Å². The maximum Gasteiger partial charge on any atom is 0.275 e. The van der Waals surface area contributed by atoms with Crippen molar-refractivity contribution in [3.63, 3.8) is 0 Å². The molecule has 0 atom stereocenters. The third-order valence-corrected chi connectivity index (χ3v) is 4.47. The lowest BCUT2D eigenvalue weighted by Gasteiger charge is -2.24. The third kappa shape index (κ3) is 4.44. The van der Waals surface area contributed by atoms with E-state index in [0.717, 1.165) is 30.6 Å². The number of ether oxygens (including phenoxy) is 1. The van der Waals surface area contributed by atoms with E-state index >= 15 is 0 Å². The van der Waals surface area contributed by atoms with Gasteiger partial charge in [0.05, 0.1) is 21.8 Å². The number of halogens is 3. The van der Waals surface area contributed by atoms with Gasteiger partial charge in [-0.2, -0.15) is 9.94 Å². The van der Waals surface area contributed by atoms with Gasteiger partial charge in [-0.3, -0.25) is 4.79 Å². The lowest BCUT2D eigenvalue weighted by Crippen LogP contribution is -2.34. The number of aromatic nitrogens is 2. The molecule has 1 fully saturated rings. The highest BCUT2D eigenvalue weighted by atomic mass is 35.5. The Hall–Kier alpha value is -1.78. The average molecular weight is 402 g/mol. The van der Waals surface area contributed by atoms with Crippen molar-refractivity contribution in [1.29, 1.82) is 5.26 Å². The molecule has 3 rings (SSSR count). The van der Waals surface area contributed by atoms with Crippen LogP contribution < -0.4 is 15.6 Å². The van der Waals surface area contributed by atoms with Crippen molar-refractivity contribution in [3.8, 4) is 17.5 Å². The van der Waals surface area contributed by atoms with Crippen LogP contribution in [-0.4, -0.2) is 29.0 Å². The predicted octanol–water partition coefficient (Wildman–Crippen LogP) is 2.96. The van der Waals surface area contributed by atoms with Gasteiger partial charge in [-0.05, 0) is 44.1 Å². The summed E-state index contributed by atoms with van der Waals surface area (Å²) in [4.78, 5) is 12.4. The Labute approximate surface area is 160 Å². The molecule has 1 N–H and O–H groups in total. The second-order valence-electron chi connectivity index (χ2n) is 5.38. The molecule has 25 heavy (non-hydrogen) atoms. The number of rotatable bonds is 3. The predicted molar refractivity (Wildman–Crippen MR) is 98.3 cm³/mol. The summed E-state index contributed by atoms with van der Waals surface area (Å²) in [5, 5.41) is 17.3. The molecular weight excluding hydrogens is 387 g/mol. The molecule has 9 heteroatoms. The van der Waals surface area contributed by atoms with Gasteiger partial charge in [0.25, 0.3) is 5.56 Å². The van der Waals surface area contributed by atoms with Gasteiger partial charge in [0.2, 0.25) is 5.69 Å². The molecule has 2 heterocycles. The topological polar surface area (TPSA) is 79.9 Å². The van der Waals surface area contributed by atoms with E-state index in [0.29, 0.717) is 15.7 Å². The molecule has 0 amide bonds. The standard InChI is InChI=1S/C16H14Cl2N4O2.ClH/c17-12-2-1-10(7-13(12)18)22-16(23)8-15(14(9-19)21-22)24-11-3-5-20-6-4-11;/h1-2,7-8,11,20H,3-6H2;1H. The molecule has 0 radical (unpaired) electrons. The van der Waals surface area contributed by atoms with Crippen molar-refractivity contribution in [2.75, 3.05) is 13.1 Å². The smallest absolute Gasteiger partial charge is 0.275 e.